The molecule has 0 fully saturated rings. The van der Waals surface area contributed by atoms with Crippen LogP contribution in [0.5, 0.6) is 0 Å². The monoisotopic (exact) mass is 255 g/mol. The minimum Gasteiger partial charge on any atom is -0.394 e. The van der Waals surface area contributed by atoms with E-state index in [-0.39, 0.29) is 0 Å². The summed E-state index contributed by atoms with van der Waals surface area (Å²) in [5.74, 6) is -6.85. The Morgan fingerprint density at radius 3 is 1.69 bits per heavy atom. The Balaban J connectivity index is 3.58. The SMILES string of the molecule is CC(C)S(=O)c1c(F)c(F)c(N)c(F)c1F. The zero-order chi connectivity index (χ0) is 12.6. The van der Waals surface area contributed by atoms with Gasteiger partial charge in [0.15, 0.2) is 23.3 Å². The summed E-state index contributed by atoms with van der Waals surface area (Å²) >= 11 is 0. The van der Waals surface area contributed by atoms with Gasteiger partial charge in [0.25, 0.3) is 0 Å². The summed E-state index contributed by atoms with van der Waals surface area (Å²) in [5, 5.41) is -0.675. The number of anilines is 1. The number of hydrogen-bond acceptors (Lipinski definition) is 2. The first-order valence-electron chi connectivity index (χ1n) is 4.31. The first-order chi connectivity index (χ1) is 7.29. The van der Waals surface area contributed by atoms with Gasteiger partial charge in [0.05, 0.1) is 10.8 Å². The van der Waals surface area contributed by atoms with Gasteiger partial charge in [-0.1, -0.05) is 13.8 Å². The largest absolute Gasteiger partial charge is 0.394 e. The summed E-state index contributed by atoms with van der Waals surface area (Å²) in [6.45, 7) is 2.81. The van der Waals surface area contributed by atoms with Crippen molar-refractivity contribution in [1.82, 2.24) is 0 Å². The Hall–Kier alpha value is -1.11. The van der Waals surface area contributed by atoms with Gasteiger partial charge in [0.1, 0.15) is 10.6 Å². The van der Waals surface area contributed by atoms with Crippen molar-refractivity contribution >= 4 is 16.5 Å². The van der Waals surface area contributed by atoms with Crippen molar-refractivity contribution in [3.8, 4) is 0 Å². The van der Waals surface area contributed by atoms with E-state index in [1.54, 1.807) is 0 Å². The Bertz CT molecular complexity index is 432. The molecule has 1 atom stereocenters. The molecule has 2 N–H and O–H groups in total. The van der Waals surface area contributed by atoms with E-state index in [9.17, 15) is 21.8 Å². The molecule has 0 saturated heterocycles. The summed E-state index contributed by atoms with van der Waals surface area (Å²) in [6, 6.07) is 0. The number of rotatable bonds is 2. The summed E-state index contributed by atoms with van der Waals surface area (Å²) < 4.78 is 64.0. The molecule has 2 nitrogen and oxygen atoms in total. The molecule has 0 aliphatic carbocycles. The van der Waals surface area contributed by atoms with Crippen LogP contribution >= 0.6 is 0 Å². The maximum atomic E-state index is 13.3. The number of benzene rings is 1. The van der Waals surface area contributed by atoms with Gasteiger partial charge in [-0.2, -0.15) is 0 Å². The molecule has 0 spiro atoms. The first-order valence-corrected chi connectivity index (χ1v) is 5.52. The number of halogens is 4. The highest BCUT2D eigenvalue weighted by atomic mass is 32.2. The van der Waals surface area contributed by atoms with E-state index >= 15 is 0 Å². The third kappa shape index (κ3) is 1.91. The second-order valence-corrected chi connectivity index (χ2v) is 5.29. The van der Waals surface area contributed by atoms with Crippen molar-refractivity contribution in [3.63, 3.8) is 0 Å². The van der Waals surface area contributed by atoms with E-state index in [2.05, 4.69) is 0 Å². The molecule has 90 valence electrons. The predicted molar refractivity (Wildman–Crippen MR) is 52.2 cm³/mol. The maximum absolute atomic E-state index is 13.3. The summed E-state index contributed by atoms with van der Waals surface area (Å²) in [6.07, 6.45) is 0. The molecule has 1 aromatic carbocycles. The van der Waals surface area contributed by atoms with Crippen LogP contribution in [0.15, 0.2) is 4.90 Å². The molecule has 16 heavy (non-hydrogen) atoms. The van der Waals surface area contributed by atoms with Crippen LogP contribution in [0, 0.1) is 23.3 Å². The minimum atomic E-state index is -2.17. The van der Waals surface area contributed by atoms with E-state index in [1.165, 1.54) is 13.8 Å². The van der Waals surface area contributed by atoms with Crippen LogP contribution < -0.4 is 5.73 Å². The highest BCUT2D eigenvalue weighted by molar-refractivity contribution is 7.85. The summed E-state index contributed by atoms with van der Waals surface area (Å²) in [4.78, 5) is -1.11. The molecular formula is C9H9F4NOS. The maximum Gasteiger partial charge on any atom is 0.186 e. The molecular weight excluding hydrogens is 246 g/mol. The molecule has 0 bridgehead atoms. The van der Waals surface area contributed by atoms with Crippen molar-refractivity contribution in [1.29, 1.82) is 0 Å². The van der Waals surface area contributed by atoms with Crippen molar-refractivity contribution < 1.29 is 21.8 Å². The lowest BCUT2D eigenvalue weighted by atomic mass is 10.2. The highest BCUT2D eigenvalue weighted by Crippen LogP contribution is 2.29. The molecule has 0 amide bonds. The smallest absolute Gasteiger partial charge is 0.186 e. The van der Waals surface area contributed by atoms with Crippen LogP contribution in [-0.4, -0.2) is 9.46 Å². The Morgan fingerprint density at radius 1 is 1.00 bits per heavy atom. The van der Waals surface area contributed by atoms with Gasteiger partial charge in [-0.05, 0) is 0 Å². The molecule has 0 aliphatic rings. The van der Waals surface area contributed by atoms with E-state index in [4.69, 9.17) is 5.73 Å². The van der Waals surface area contributed by atoms with Crippen molar-refractivity contribution in [2.75, 3.05) is 5.73 Å². The highest BCUT2D eigenvalue weighted by Gasteiger charge is 2.28. The van der Waals surface area contributed by atoms with Crippen molar-refractivity contribution in [2.24, 2.45) is 0 Å². The Labute approximate surface area is 91.9 Å². The van der Waals surface area contributed by atoms with Crippen LogP contribution in [0.1, 0.15) is 13.8 Å². The normalized spacial score (nSPS) is 13.2. The molecule has 0 aliphatic heterocycles. The molecule has 0 heterocycles. The molecule has 0 aromatic heterocycles. The van der Waals surface area contributed by atoms with Gasteiger partial charge < -0.3 is 5.73 Å². The summed E-state index contributed by atoms with van der Waals surface area (Å²) in [7, 11) is -2.17. The van der Waals surface area contributed by atoms with E-state index in [0.29, 0.717) is 0 Å². The van der Waals surface area contributed by atoms with Gasteiger partial charge in [-0.25, -0.2) is 17.6 Å². The number of nitrogen functional groups attached to an aromatic ring is 1. The third-order valence-corrected chi connectivity index (χ3v) is 3.50. The van der Waals surface area contributed by atoms with Crippen LogP contribution in [0.3, 0.4) is 0 Å². The number of nitrogens with two attached hydrogens (primary N) is 1. The van der Waals surface area contributed by atoms with E-state index < -0.39 is 49.9 Å². The fraction of sp³-hybridized carbons (Fsp3) is 0.333. The van der Waals surface area contributed by atoms with E-state index in [1.807, 2.05) is 0 Å². The standard InChI is InChI=1S/C9H9F4NOS/c1-3(2)16(15)9-6(12)4(10)8(14)5(11)7(9)13/h3H,14H2,1-2H3. The predicted octanol–water partition coefficient (Wildman–Crippen LogP) is 2.34. The third-order valence-electron chi connectivity index (χ3n) is 1.89. The second kappa shape index (κ2) is 4.40. The van der Waals surface area contributed by atoms with Gasteiger partial charge in [0, 0.05) is 5.25 Å². The average Bonchev–Trinajstić information content (AvgIpc) is 2.23. The molecule has 1 rings (SSSR count). The zero-order valence-electron chi connectivity index (χ0n) is 8.48. The molecule has 1 unspecified atom stereocenters. The molecule has 0 saturated carbocycles. The zero-order valence-corrected chi connectivity index (χ0v) is 9.30. The second-order valence-electron chi connectivity index (χ2n) is 3.34. The lowest BCUT2D eigenvalue weighted by molar-refractivity contribution is 0.428. The van der Waals surface area contributed by atoms with Crippen LogP contribution in [0.4, 0.5) is 23.2 Å². The quantitative estimate of drug-likeness (QED) is 0.500. The lowest BCUT2D eigenvalue weighted by Gasteiger charge is -2.10. The molecule has 0 radical (unpaired) electrons. The van der Waals surface area contributed by atoms with Crippen LogP contribution in [-0.2, 0) is 10.8 Å². The molecule has 1 aromatic rings. The minimum absolute atomic E-state index is 0.675. The Morgan fingerprint density at radius 2 is 1.38 bits per heavy atom. The first kappa shape index (κ1) is 13.0. The van der Waals surface area contributed by atoms with Crippen molar-refractivity contribution in [2.45, 2.75) is 24.0 Å². The fourth-order valence-electron chi connectivity index (χ4n) is 1.04. The molecule has 7 heteroatoms. The van der Waals surface area contributed by atoms with E-state index in [0.717, 1.165) is 0 Å². The number of hydrogen-bond donors (Lipinski definition) is 1. The van der Waals surface area contributed by atoms with Gasteiger partial charge in [0.2, 0.25) is 0 Å². The average molecular weight is 255 g/mol. The lowest BCUT2D eigenvalue weighted by Crippen LogP contribution is -2.14. The Kier molecular flexibility index (Phi) is 3.57. The summed E-state index contributed by atoms with van der Waals surface area (Å²) in [5.41, 5.74) is 3.55. The van der Waals surface area contributed by atoms with Gasteiger partial charge >= 0.3 is 0 Å². The van der Waals surface area contributed by atoms with Crippen LogP contribution in [0.25, 0.3) is 0 Å². The topological polar surface area (TPSA) is 43.1 Å². The van der Waals surface area contributed by atoms with Gasteiger partial charge in [-0.3, -0.25) is 4.21 Å². The van der Waals surface area contributed by atoms with Crippen LogP contribution in [0.2, 0.25) is 0 Å². The fourth-order valence-corrected chi connectivity index (χ4v) is 2.04. The van der Waals surface area contributed by atoms with Gasteiger partial charge in [-0.15, -0.1) is 0 Å². The van der Waals surface area contributed by atoms with Crippen molar-refractivity contribution in [3.05, 3.63) is 23.3 Å².